The summed E-state index contributed by atoms with van der Waals surface area (Å²) in [4.78, 5) is 6.89. The highest BCUT2D eigenvalue weighted by atomic mass is 19.4. The van der Waals surface area contributed by atoms with E-state index in [1.54, 1.807) is 6.92 Å². The minimum atomic E-state index is -5.77. The second-order valence-electron chi connectivity index (χ2n) is 5.13. The zero-order valence-corrected chi connectivity index (χ0v) is 12.0. The Kier molecular flexibility index (Phi) is 3.40. The number of fused-ring (bicyclic) bond motifs is 1. The number of nitrogens with zero attached hydrogens (tertiary/aromatic N) is 3. The van der Waals surface area contributed by atoms with Gasteiger partial charge in [0.1, 0.15) is 5.84 Å². The Morgan fingerprint density at radius 2 is 1.71 bits per heavy atom. The molecule has 0 radical (unpaired) electrons. The highest BCUT2D eigenvalue weighted by Gasteiger charge is 2.74. The fraction of sp³-hybridized carbons (Fsp3) is 0.286. The van der Waals surface area contributed by atoms with Gasteiger partial charge >= 0.3 is 18.0 Å². The summed E-state index contributed by atoms with van der Waals surface area (Å²) in [7, 11) is 0. The lowest BCUT2D eigenvalue weighted by atomic mass is 10.1. The normalized spacial score (nSPS) is 20.3. The van der Waals surface area contributed by atoms with Gasteiger partial charge in [-0.15, -0.1) is 0 Å². The Hall–Kier alpha value is -2.52. The predicted molar refractivity (Wildman–Crippen MR) is 72.3 cm³/mol. The minimum absolute atomic E-state index is 0.236. The van der Waals surface area contributed by atoms with Crippen molar-refractivity contribution in [2.45, 2.75) is 24.9 Å². The van der Waals surface area contributed by atoms with Gasteiger partial charge in [0, 0.05) is 6.20 Å². The van der Waals surface area contributed by atoms with Crippen molar-refractivity contribution in [1.29, 1.82) is 0 Å². The van der Waals surface area contributed by atoms with Gasteiger partial charge in [-0.2, -0.15) is 26.3 Å². The summed E-state index contributed by atoms with van der Waals surface area (Å²) in [5, 5.41) is 0. The first-order valence-corrected chi connectivity index (χ1v) is 6.58. The molecule has 1 aromatic rings. The Morgan fingerprint density at radius 3 is 2.25 bits per heavy atom. The molecule has 3 rings (SSSR count). The van der Waals surface area contributed by atoms with E-state index in [0.717, 1.165) is 17.2 Å². The van der Waals surface area contributed by atoms with Gasteiger partial charge in [-0.1, -0.05) is 6.08 Å². The van der Waals surface area contributed by atoms with E-state index in [4.69, 9.17) is 4.42 Å². The lowest BCUT2D eigenvalue weighted by molar-refractivity contribution is -0.292. The number of allylic oxidation sites excluding steroid dienone is 2. The SMILES string of the molecule is CC1=CN2C(=NC(C(F)(F)F)(C(F)(F)F)N=C2c2ccco2)C=C1. The third-order valence-electron chi connectivity index (χ3n) is 3.38. The van der Waals surface area contributed by atoms with Crippen LogP contribution < -0.4 is 0 Å². The molecule has 0 unspecified atom stereocenters. The highest BCUT2D eigenvalue weighted by Crippen LogP contribution is 2.49. The number of hydrogen-bond donors (Lipinski definition) is 0. The molecule has 0 saturated carbocycles. The van der Waals surface area contributed by atoms with E-state index >= 15 is 0 Å². The summed E-state index contributed by atoms with van der Waals surface area (Å²) in [5.41, 5.74) is -3.99. The summed E-state index contributed by atoms with van der Waals surface area (Å²) in [6.07, 6.45) is -6.66. The average molecular weight is 349 g/mol. The lowest BCUT2D eigenvalue weighted by Crippen LogP contribution is -2.58. The average Bonchev–Trinajstić information content (AvgIpc) is 2.97. The summed E-state index contributed by atoms with van der Waals surface area (Å²) in [6.45, 7) is 1.63. The molecule has 10 heteroatoms. The number of halogens is 6. The maximum Gasteiger partial charge on any atom is 0.443 e. The number of alkyl halides is 6. The molecular formula is C14H9F6N3O. The van der Waals surface area contributed by atoms with Crippen molar-refractivity contribution in [3.63, 3.8) is 0 Å². The molecule has 2 aliphatic heterocycles. The fourth-order valence-electron chi connectivity index (χ4n) is 2.25. The zero-order valence-electron chi connectivity index (χ0n) is 12.0. The topological polar surface area (TPSA) is 41.1 Å². The van der Waals surface area contributed by atoms with Crippen LogP contribution in [0.5, 0.6) is 0 Å². The van der Waals surface area contributed by atoms with Gasteiger partial charge in [0.2, 0.25) is 0 Å². The van der Waals surface area contributed by atoms with Crippen LogP contribution >= 0.6 is 0 Å². The Morgan fingerprint density at radius 1 is 1.04 bits per heavy atom. The van der Waals surface area contributed by atoms with Gasteiger partial charge in [0.25, 0.3) is 0 Å². The van der Waals surface area contributed by atoms with Gasteiger partial charge in [0.15, 0.2) is 11.6 Å². The molecule has 0 aromatic carbocycles. The predicted octanol–water partition coefficient (Wildman–Crippen LogP) is 4.03. The van der Waals surface area contributed by atoms with Crippen molar-refractivity contribution in [1.82, 2.24) is 4.90 Å². The van der Waals surface area contributed by atoms with Crippen molar-refractivity contribution in [3.8, 4) is 0 Å². The Bertz CT molecular complexity index is 753. The third kappa shape index (κ3) is 2.33. The molecule has 0 aliphatic carbocycles. The number of rotatable bonds is 1. The lowest BCUT2D eigenvalue weighted by Gasteiger charge is -2.37. The van der Waals surface area contributed by atoms with E-state index in [1.807, 2.05) is 0 Å². The van der Waals surface area contributed by atoms with Gasteiger partial charge in [-0.25, -0.2) is 9.98 Å². The molecular weight excluding hydrogens is 340 g/mol. The number of amidine groups is 2. The monoisotopic (exact) mass is 349 g/mol. The summed E-state index contributed by atoms with van der Waals surface area (Å²) in [5.74, 6) is -1.39. The standard InChI is InChI=1S/C14H9F6N3O/c1-8-4-5-10-21-12(13(15,16)17,14(18,19)20)22-11(23(10)7-8)9-3-2-6-24-9/h2-7H,1H3. The van der Waals surface area contributed by atoms with E-state index in [2.05, 4.69) is 9.98 Å². The first-order chi connectivity index (χ1) is 11.1. The molecule has 0 atom stereocenters. The maximum atomic E-state index is 13.3. The first-order valence-electron chi connectivity index (χ1n) is 6.58. The Balaban J connectivity index is 2.29. The summed E-state index contributed by atoms with van der Waals surface area (Å²) in [6, 6.07) is 2.56. The molecule has 24 heavy (non-hydrogen) atoms. The van der Waals surface area contributed by atoms with Gasteiger partial charge < -0.3 is 4.42 Å². The molecule has 0 N–H and O–H groups in total. The van der Waals surface area contributed by atoms with E-state index in [1.165, 1.54) is 24.4 Å². The number of furan rings is 1. The zero-order chi connectivity index (χ0) is 17.8. The largest absolute Gasteiger partial charge is 0.461 e. The van der Waals surface area contributed by atoms with Crippen LogP contribution in [0.3, 0.4) is 0 Å². The second kappa shape index (κ2) is 4.99. The molecule has 1 aromatic heterocycles. The minimum Gasteiger partial charge on any atom is -0.461 e. The van der Waals surface area contributed by atoms with Crippen molar-refractivity contribution in [3.05, 3.63) is 48.1 Å². The molecule has 128 valence electrons. The van der Waals surface area contributed by atoms with Crippen LogP contribution in [-0.4, -0.2) is 34.6 Å². The molecule has 3 heterocycles. The molecule has 4 nitrogen and oxygen atoms in total. The number of hydrogen-bond acceptors (Lipinski definition) is 4. The van der Waals surface area contributed by atoms with Crippen molar-refractivity contribution >= 4 is 11.7 Å². The molecule has 0 amide bonds. The van der Waals surface area contributed by atoms with E-state index in [0.29, 0.717) is 5.57 Å². The third-order valence-corrected chi connectivity index (χ3v) is 3.38. The first kappa shape index (κ1) is 16.3. The number of aliphatic imine (C=N–C) groups is 2. The van der Waals surface area contributed by atoms with Crippen LogP contribution in [0, 0.1) is 0 Å². The van der Waals surface area contributed by atoms with Crippen LogP contribution in [0.1, 0.15) is 12.7 Å². The van der Waals surface area contributed by atoms with E-state index in [-0.39, 0.29) is 5.76 Å². The fourth-order valence-corrected chi connectivity index (χ4v) is 2.25. The molecule has 0 saturated heterocycles. The van der Waals surface area contributed by atoms with Crippen LogP contribution in [-0.2, 0) is 0 Å². The quantitative estimate of drug-likeness (QED) is 0.718. The maximum absolute atomic E-state index is 13.3. The smallest absolute Gasteiger partial charge is 0.443 e. The van der Waals surface area contributed by atoms with Crippen LogP contribution in [0.25, 0.3) is 0 Å². The van der Waals surface area contributed by atoms with Gasteiger partial charge in [-0.3, -0.25) is 4.90 Å². The molecule has 2 aliphatic rings. The molecule has 0 spiro atoms. The van der Waals surface area contributed by atoms with Gasteiger partial charge in [0.05, 0.1) is 6.26 Å². The van der Waals surface area contributed by atoms with E-state index < -0.39 is 29.7 Å². The summed E-state index contributed by atoms with van der Waals surface area (Å²) >= 11 is 0. The van der Waals surface area contributed by atoms with Gasteiger partial charge in [-0.05, 0) is 30.7 Å². The summed E-state index contributed by atoms with van der Waals surface area (Å²) < 4.78 is 84.9. The van der Waals surface area contributed by atoms with Crippen molar-refractivity contribution in [2.24, 2.45) is 9.98 Å². The van der Waals surface area contributed by atoms with Crippen LogP contribution in [0.4, 0.5) is 26.3 Å². The van der Waals surface area contributed by atoms with Crippen LogP contribution in [0.15, 0.2) is 56.7 Å². The molecule has 0 fully saturated rings. The van der Waals surface area contributed by atoms with Crippen molar-refractivity contribution < 1.29 is 30.8 Å². The van der Waals surface area contributed by atoms with E-state index in [9.17, 15) is 26.3 Å². The Labute approximate surface area is 131 Å². The van der Waals surface area contributed by atoms with Crippen LogP contribution in [0.2, 0.25) is 0 Å². The molecule has 0 bridgehead atoms. The highest BCUT2D eigenvalue weighted by molar-refractivity contribution is 6.14. The second-order valence-corrected chi connectivity index (χ2v) is 5.13. The van der Waals surface area contributed by atoms with Crippen molar-refractivity contribution in [2.75, 3.05) is 0 Å².